The number of halogens is 2. The number of phenols is 1. The van der Waals surface area contributed by atoms with E-state index in [-0.39, 0.29) is 10.7 Å². The number of rotatable bonds is 4. The van der Waals surface area contributed by atoms with Crippen LogP contribution in [0.3, 0.4) is 0 Å². The van der Waals surface area contributed by atoms with E-state index in [1.165, 1.54) is 12.1 Å². The molecular weight excluding hydrogens is 458 g/mol. The molecule has 2 aromatic carbocycles. The first-order chi connectivity index (χ1) is 12.4. The molecule has 0 radical (unpaired) electrons. The Balaban J connectivity index is 2.32. The summed E-state index contributed by atoms with van der Waals surface area (Å²) in [6.07, 6.45) is 0. The zero-order valence-electron chi connectivity index (χ0n) is 14.8. The summed E-state index contributed by atoms with van der Waals surface area (Å²) in [5.41, 5.74) is -0.376. The van der Waals surface area contributed by atoms with Crippen LogP contribution in [-0.4, -0.2) is 25.1 Å². The highest BCUT2D eigenvalue weighted by Crippen LogP contribution is 2.37. The van der Waals surface area contributed by atoms with Gasteiger partial charge in [-0.05, 0) is 61.0 Å². The van der Waals surface area contributed by atoms with Gasteiger partial charge < -0.3 is 15.7 Å². The highest BCUT2D eigenvalue weighted by atomic mass is 79.9. The fraction of sp³-hybridized carbons (Fsp3) is 0.235. The van der Waals surface area contributed by atoms with Gasteiger partial charge in [-0.25, -0.2) is 17.9 Å². The first-order valence-electron chi connectivity index (χ1n) is 7.79. The average Bonchev–Trinajstić information content (AvgIpc) is 2.50. The molecular formula is C17H19BrClN3O4S. The summed E-state index contributed by atoms with van der Waals surface area (Å²) >= 11 is 9.29. The Labute approximate surface area is 171 Å². The summed E-state index contributed by atoms with van der Waals surface area (Å²) in [6.45, 7) is 4.97. The van der Waals surface area contributed by atoms with Crippen molar-refractivity contribution in [3.05, 3.63) is 45.9 Å². The maximum atomic E-state index is 12.6. The number of carbonyl (C=O) groups is 1. The Morgan fingerprint density at radius 2 is 1.67 bits per heavy atom. The number of phenolic OH excluding ortho intramolecular Hbond substituents is 1. The zero-order chi connectivity index (χ0) is 20.4. The van der Waals surface area contributed by atoms with E-state index in [0.717, 1.165) is 0 Å². The van der Waals surface area contributed by atoms with Gasteiger partial charge in [-0.1, -0.05) is 23.7 Å². The molecule has 0 spiro atoms. The Kier molecular flexibility index (Phi) is 6.41. The van der Waals surface area contributed by atoms with Crippen LogP contribution in [0.1, 0.15) is 20.8 Å². The summed E-state index contributed by atoms with van der Waals surface area (Å²) in [5.74, 6) is -0.651. The Morgan fingerprint density at radius 3 is 2.26 bits per heavy atom. The van der Waals surface area contributed by atoms with Crippen LogP contribution in [0.15, 0.2) is 45.8 Å². The Bertz CT molecular complexity index is 975. The molecule has 0 aliphatic rings. The lowest BCUT2D eigenvalue weighted by atomic mass is 10.1. The molecule has 0 bridgehead atoms. The molecule has 7 nitrogen and oxygen atoms in total. The number of urea groups is 1. The molecule has 0 unspecified atom stereocenters. The van der Waals surface area contributed by atoms with Crippen molar-refractivity contribution in [1.29, 1.82) is 0 Å². The van der Waals surface area contributed by atoms with Crippen molar-refractivity contribution in [3.8, 4) is 5.75 Å². The molecule has 0 atom stereocenters. The van der Waals surface area contributed by atoms with E-state index in [1.807, 2.05) is 0 Å². The number of aromatic hydroxyl groups is 1. The lowest BCUT2D eigenvalue weighted by molar-refractivity contribution is 0.262. The molecule has 146 valence electrons. The summed E-state index contributed by atoms with van der Waals surface area (Å²) in [4.78, 5) is 11.7. The monoisotopic (exact) mass is 475 g/mol. The average molecular weight is 477 g/mol. The van der Waals surface area contributed by atoms with E-state index >= 15 is 0 Å². The third-order valence-corrected chi connectivity index (χ3v) is 6.11. The van der Waals surface area contributed by atoms with E-state index in [4.69, 9.17) is 11.6 Å². The number of sulfonamides is 1. The standard InChI is InChI=1S/C17H19BrClN3O4S/c1-17(2,3)22-27(25,26)15-11(19)8-9-13(14(15)23)21-16(24)20-12-7-5-4-6-10(12)18/h4-9,22-23H,1-3H3,(H2,20,21,24). The number of anilines is 2. The molecule has 0 aliphatic carbocycles. The van der Waals surface area contributed by atoms with E-state index in [9.17, 15) is 18.3 Å². The van der Waals surface area contributed by atoms with Crippen molar-refractivity contribution in [2.24, 2.45) is 0 Å². The second kappa shape index (κ2) is 8.05. The third kappa shape index (κ3) is 5.58. The molecule has 0 aromatic heterocycles. The maximum absolute atomic E-state index is 12.6. The van der Waals surface area contributed by atoms with Gasteiger partial charge in [-0.15, -0.1) is 0 Å². The molecule has 2 aromatic rings. The first kappa shape index (κ1) is 21.5. The molecule has 2 amide bonds. The van der Waals surface area contributed by atoms with E-state index in [0.29, 0.717) is 10.2 Å². The van der Waals surface area contributed by atoms with Crippen molar-refractivity contribution in [3.63, 3.8) is 0 Å². The summed E-state index contributed by atoms with van der Waals surface area (Å²) in [6, 6.07) is 8.89. The number of nitrogens with one attached hydrogen (secondary N) is 3. The molecule has 0 aliphatic heterocycles. The fourth-order valence-electron chi connectivity index (χ4n) is 2.20. The molecule has 2 rings (SSSR count). The van der Waals surface area contributed by atoms with Gasteiger partial charge in [-0.3, -0.25) is 0 Å². The van der Waals surface area contributed by atoms with Gasteiger partial charge in [-0.2, -0.15) is 0 Å². The third-order valence-electron chi connectivity index (χ3n) is 3.16. The maximum Gasteiger partial charge on any atom is 0.323 e. The molecule has 0 saturated carbocycles. The number of hydrogen-bond donors (Lipinski definition) is 4. The number of para-hydroxylation sites is 1. The summed E-state index contributed by atoms with van der Waals surface area (Å²) < 4.78 is 28.2. The number of hydrogen-bond acceptors (Lipinski definition) is 4. The largest absolute Gasteiger partial charge is 0.504 e. The van der Waals surface area contributed by atoms with Crippen LogP contribution < -0.4 is 15.4 Å². The molecule has 4 N–H and O–H groups in total. The smallest absolute Gasteiger partial charge is 0.323 e. The van der Waals surface area contributed by atoms with Gasteiger partial charge in [0.15, 0.2) is 5.75 Å². The van der Waals surface area contributed by atoms with Crippen LogP contribution in [0.4, 0.5) is 16.2 Å². The lowest BCUT2D eigenvalue weighted by Gasteiger charge is -2.22. The molecule has 0 saturated heterocycles. The van der Waals surface area contributed by atoms with Crippen molar-refractivity contribution in [2.45, 2.75) is 31.2 Å². The fourth-order valence-corrected chi connectivity index (χ4v) is 4.63. The Morgan fingerprint density at radius 1 is 1.07 bits per heavy atom. The normalized spacial score (nSPS) is 11.9. The summed E-state index contributed by atoms with van der Waals surface area (Å²) in [5, 5.41) is 15.3. The van der Waals surface area contributed by atoms with Crippen LogP contribution >= 0.6 is 27.5 Å². The highest BCUT2D eigenvalue weighted by Gasteiger charge is 2.29. The number of amides is 2. The highest BCUT2D eigenvalue weighted by molar-refractivity contribution is 9.10. The van der Waals surface area contributed by atoms with Crippen LogP contribution in [0.5, 0.6) is 5.75 Å². The zero-order valence-corrected chi connectivity index (χ0v) is 18.0. The predicted molar refractivity (Wildman–Crippen MR) is 110 cm³/mol. The number of carbonyl (C=O) groups excluding carboxylic acids is 1. The minimum Gasteiger partial charge on any atom is -0.504 e. The quantitative estimate of drug-likeness (QED) is 0.486. The summed E-state index contributed by atoms with van der Waals surface area (Å²) in [7, 11) is -4.11. The van der Waals surface area contributed by atoms with Crippen LogP contribution in [-0.2, 0) is 10.0 Å². The second-order valence-corrected chi connectivity index (χ2v) is 9.57. The second-order valence-electron chi connectivity index (χ2n) is 6.69. The molecule has 0 heterocycles. The van der Waals surface area contributed by atoms with Crippen LogP contribution in [0.2, 0.25) is 5.02 Å². The molecule has 27 heavy (non-hydrogen) atoms. The van der Waals surface area contributed by atoms with E-state index in [1.54, 1.807) is 45.0 Å². The SMILES string of the molecule is CC(C)(C)NS(=O)(=O)c1c(Cl)ccc(NC(=O)Nc2ccccc2Br)c1O. The van der Waals surface area contributed by atoms with Crippen molar-refractivity contribution >= 4 is 55.0 Å². The molecule has 0 fully saturated rings. The van der Waals surface area contributed by atoms with E-state index < -0.39 is 32.2 Å². The minimum atomic E-state index is -4.11. The first-order valence-corrected chi connectivity index (χ1v) is 10.4. The van der Waals surface area contributed by atoms with Gasteiger partial charge in [0.1, 0.15) is 4.90 Å². The topological polar surface area (TPSA) is 108 Å². The number of benzene rings is 2. The van der Waals surface area contributed by atoms with E-state index in [2.05, 4.69) is 31.3 Å². The van der Waals surface area contributed by atoms with Crippen molar-refractivity contribution < 1.29 is 18.3 Å². The van der Waals surface area contributed by atoms with Crippen molar-refractivity contribution in [2.75, 3.05) is 10.6 Å². The van der Waals surface area contributed by atoms with Gasteiger partial charge in [0.25, 0.3) is 0 Å². The lowest BCUT2D eigenvalue weighted by Crippen LogP contribution is -2.40. The van der Waals surface area contributed by atoms with Crippen LogP contribution in [0.25, 0.3) is 0 Å². The van der Waals surface area contributed by atoms with Gasteiger partial charge >= 0.3 is 6.03 Å². The molecule has 10 heteroatoms. The van der Waals surface area contributed by atoms with Crippen molar-refractivity contribution in [1.82, 2.24) is 4.72 Å². The van der Waals surface area contributed by atoms with Gasteiger partial charge in [0.2, 0.25) is 10.0 Å². The van der Waals surface area contributed by atoms with Gasteiger partial charge in [0, 0.05) is 10.0 Å². The predicted octanol–water partition coefficient (Wildman–Crippen LogP) is 4.53. The van der Waals surface area contributed by atoms with Crippen LogP contribution in [0, 0.1) is 0 Å². The van der Waals surface area contributed by atoms with Gasteiger partial charge in [0.05, 0.1) is 16.4 Å². The Hall–Kier alpha value is -1.81. The minimum absolute atomic E-state index is 0.0989.